The minimum atomic E-state index is -0.0466. The second kappa shape index (κ2) is 7.23. The predicted molar refractivity (Wildman–Crippen MR) is 88.0 cm³/mol. The van der Waals surface area contributed by atoms with E-state index < -0.39 is 0 Å². The van der Waals surface area contributed by atoms with Gasteiger partial charge in [0.15, 0.2) is 0 Å². The van der Waals surface area contributed by atoms with Crippen LogP contribution in [0, 0.1) is 0 Å². The Morgan fingerprint density at radius 3 is 2.67 bits per heavy atom. The number of benzene rings is 2. The summed E-state index contributed by atoms with van der Waals surface area (Å²) in [5, 5.41) is 5.44. The van der Waals surface area contributed by atoms with E-state index >= 15 is 0 Å². The topological polar surface area (TPSA) is 55.1 Å². The summed E-state index contributed by atoms with van der Waals surface area (Å²) in [7, 11) is 0. The van der Waals surface area contributed by atoms with Crippen LogP contribution < -0.4 is 11.1 Å². The van der Waals surface area contributed by atoms with E-state index in [1.807, 2.05) is 25.1 Å². The number of hydrogen-bond acceptors (Lipinski definition) is 2. The number of carbonyl (C=O) groups excluding carboxylic acids is 1. The molecular weight excluding hydrogens is 260 g/mol. The largest absolute Gasteiger partial charge is 0.350 e. The standard InChI is InChI=1S/C18H24N2O/c1-3-7-15(19)12-18(21)20-13(2)16-11-6-9-14-8-4-5-10-17(14)16/h4-6,8-11,13,15H,3,7,12,19H2,1-2H3,(H,20,21). The number of amides is 1. The number of nitrogens with one attached hydrogen (secondary N) is 1. The first-order valence-electron chi connectivity index (χ1n) is 7.64. The lowest BCUT2D eigenvalue weighted by molar-refractivity contribution is -0.122. The molecule has 0 bridgehead atoms. The molecule has 0 aliphatic rings. The Morgan fingerprint density at radius 2 is 1.90 bits per heavy atom. The molecule has 2 aromatic carbocycles. The SMILES string of the molecule is CCCC(N)CC(=O)NC(C)c1cccc2ccccc12. The van der Waals surface area contributed by atoms with Gasteiger partial charge in [0.05, 0.1) is 6.04 Å². The minimum absolute atomic E-state index is 0.0163. The summed E-state index contributed by atoms with van der Waals surface area (Å²) in [5.74, 6) is 0.0244. The van der Waals surface area contributed by atoms with Gasteiger partial charge in [0.2, 0.25) is 5.91 Å². The molecule has 3 heteroatoms. The normalized spacial score (nSPS) is 13.9. The molecule has 0 saturated carbocycles. The highest BCUT2D eigenvalue weighted by molar-refractivity contribution is 5.86. The van der Waals surface area contributed by atoms with Gasteiger partial charge in [-0.25, -0.2) is 0 Å². The van der Waals surface area contributed by atoms with E-state index in [1.54, 1.807) is 0 Å². The number of nitrogens with two attached hydrogens (primary N) is 1. The molecule has 2 rings (SSSR count). The molecule has 0 fully saturated rings. The Balaban J connectivity index is 2.08. The van der Waals surface area contributed by atoms with Crippen LogP contribution in [0.25, 0.3) is 10.8 Å². The van der Waals surface area contributed by atoms with Crippen molar-refractivity contribution in [1.82, 2.24) is 5.32 Å². The van der Waals surface area contributed by atoms with E-state index in [0.29, 0.717) is 6.42 Å². The van der Waals surface area contributed by atoms with Gasteiger partial charge in [-0.15, -0.1) is 0 Å². The van der Waals surface area contributed by atoms with Crippen LogP contribution in [0.4, 0.5) is 0 Å². The predicted octanol–water partition coefficient (Wildman–Crippen LogP) is 3.53. The third-order valence-corrected chi connectivity index (χ3v) is 3.77. The van der Waals surface area contributed by atoms with Crippen molar-refractivity contribution in [1.29, 1.82) is 0 Å². The van der Waals surface area contributed by atoms with Gasteiger partial charge >= 0.3 is 0 Å². The van der Waals surface area contributed by atoms with Crippen molar-refractivity contribution in [3.05, 3.63) is 48.0 Å². The second-order valence-corrected chi connectivity index (χ2v) is 5.61. The van der Waals surface area contributed by atoms with E-state index in [4.69, 9.17) is 5.73 Å². The lowest BCUT2D eigenvalue weighted by Crippen LogP contribution is -2.33. The first kappa shape index (κ1) is 15.5. The molecule has 3 nitrogen and oxygen atoms in total. The van der Waals surface area contributed by atoms with Crippen molar-refractivity contribution in [3.63, 3.8) is 0 Å². The molecule has 2 atom stereocenters. The van der Waals surface area contributed by atoms with Crippen LogP contribution in [0.2, 0.25) is 0 Å². The van der Waals surface area contributed by atoms with Gasteiger partial charge in [-0.05, 0) is 29.7 Å². The first-order valence-corrected chi connectivity index (χ1v) is 7.64. The molecule has 2 aromatic rings. The molecule has 2 unspecified atom stereocenters. The summed E-state index contributed by atoms with van der Waals surface area (Å²) >= 11 is 0. The molecule has 0 spiro atoms. The van der Waals surface area contributed by atoms with Crippen LogP contribution in [-0.2, 0) is 4.79 Å². The fourth-order valence-corrected chi connectivity index (χ4v) is 2.72. The highest BCUT2D eigenvalue weighted by atomic mass is 16.1. The average molecular weight is 284 g/mol. The molecule has 0 aromatic heterocycles. The third kappa shape index (κ3) is 4.05. The highest BCUT2D eigenvalue weighted by Crippen LogP contribution is 2.24. The van der Waals surface area contributed by atoms with Gasteiger partial charge < -0.3 is 11.1 Å². The van der Waals surface area contributed by atoms with Crippen molar-refractivity contribution < 1.29 is 4.79 Å². The van der Waals surface area contributed by atoms with Gasteiger partial charge in [-0.1, -0.05) is 55.8 Å². The van der Waals surface area contributed by atoms with Crippen molar-refractivity contribution in [2.45, 2.75) is 45.2 Å². The summed E-state index contributed by atoms with van der Waals surface area (Å²) < 4.78 is 0. The zero-order valence-electron chi connectivity index (χ0n) is 12.8. The lowest BCUT2D eigenvalue weighted by atomic mass is 9.99. The van der Waals surface area contributed by atoms with Crippen LogP contribution in [0.1, 0.15) is 44.7 Å². The molecule has 21 heavy (non-hydrogen) atoms. The highest BCUT2D eigenvalue weighted by Gasteiger charge is 2.14. The molecule has 0 radical (unpaired) electrons. The maximum absolute atomic E-state index is 12.1. The monoisotopic (exact) mass is 284 g/mol. The summed E-state index contributed by atoms with van der Waals surface area (Å²) in [5.41, 5.74) is 7.07. The third-order valence-electron chi connectivity index (χ3n) is 3.77. The molecule has 3 N–H and O–H groups in total. The molecule has 0 aliphatic carbocycles. The molecule has 112 valence electrons. The number of hydrogen-bond donors (Lipinski definition) is 2. The first-order chi connectivity index (χ1) is 10.1. The van der Waals surface area contributed by atoms with Crippen LogP contribution in [0.15, 0.2) is 42.5 Å². The van der Waals surface area contributed by atoms with E-state index in [0.717, 1.165) is 18.4 Å². The molecular formula is C18H24N2O. The summed E-state index contributed by atoms with van der Waals surface area (Å²) in [6, 6.07) is 14.4. The average Bonchev–Trinajstić information content (AvgIpc) is 2.46. The maximum atomic E-state index is 12.1. The molecule has 1 amide bonds. The smallest absolute Gasteiger partial charge is 0.222 e. The Bertz CT molecular complexity index is 604. The molecule has 0 heterocycles. The minimum Gasteiger partial charge on any atom is -0.350 e. The number of fused-ring (bicyclic) bond motifs is 1. The fourth-order valence-electron chi connectivity index (χ4n) is 2.72. The van der Waals surface area contributed by atoms with E-state index in [-0.39, 0.29) is 18.0 Å². The Labute approximate surface area is 126 Å². The van der Waals surface area contributed by atoms with E-state index in [1.165, 1.54) is 10.8 Å². The van der Waals surface area contributed by atoms with E-state index in [9.17, 15) is 4.79 Å². The zero-order valence-corrected chi connectivity index (χ0v) is 12.8. The molecule has 0 saturated heterocycles. The van der Waals surface area contributed by atoms with Gasteiger partial charge in [0.1, 0.15) is 0 Å². The summed E-state index contributed by atoms with van der Waals surface area (Å²) in [6.45, 7) is 4.10. The van der Waals surface area contributed by atoms with Crippen molar-refractivity contribution in [2.24, 2.45) is 5.73 Å². The van der Waals surface area contributed by atoms with Gasteiger partial charge in [-0.2, -0.15) is 0 Å². The fraction of sp³-hybridized carbons (Fsp3) is 0.389. The Hall–Kier alpha value is -1.87. The maximum Gasteiger partial charge on any atom is 0.222 e. The van der Waals surface area contributed by atoms with Crippen LogP contribution in [-0.4, -0.2) is 11.9 Å². The van der Waals surface area contributed by atoms with E-state index in [2.05, 4.69) is 36.5 Å². The van der Waals surface area contributed by atoms with Gasteiger partial charge in [-0.3, -0.25) is 4.79 Å². The van der Waals surface area contributed by atoms with Crippen LogP contribution >= 0.6 is 0 Å². The summed E-state index contributed by atoms with van der Waals surface area (Å²) in [4.78, 5) is 12.1. The van der Waals surface area contributed by atoms with Crippen LogP contribution in [0.3, 0.4) is 0 Å². The van der Waals surface area contributed by atoms with Gasteiger partial charge in [0, 0.05) is 12.5 Å². The number of rotatable bonds is 6. The quantitative estimate of drug-likeness (QED) is 0.852. The summed E-state index contributed by atoms with van der Waals surface area (Å²) in [6.07, 6.45) is 2.28. The Kier molecular flexibility index (Phi) is 5.34. The lowest BCUT2D eigenvalue weighted by Gasteiger charge is -2.18. The number of carbonyl (C=O) groups is 1. The van der Waals surface area contributed by atoms with Crippen molar-refractivity contribution in [2.75, 3.05) is 0 Å². The second-order valence-electron chi connectivity index (χ2n) is 5.61. The van der Waals surface area contributed by atoms with Gasteiger partial charge in [0.25, 0.3) is 0 Å². The zero-order chi connectivity index (χ0) is 15.2. The Morgan fingerprint density at radius 1 is 1.19 bits per heavy atom. The van der Waals surface area contributed by atoms with Crippen molar-refractivity contribution in [3.8, 4) is 0 Å². The van der Waals surface area contributed by atoms with Crippen molar-refractivity contribution >= 4 is 16.7 Å². The molecule has 0 aliphatic heterocycles. The van der Waals surface area contributed by atoms with Crippen LogP contribution in [0.5, 0.6) is 0 Å².